The number of rotatable bonds is 3. The average Bonchev–Trinajstić information content (AvgIpc) is 2.75. The Hall–Kier alpha value is -0.360. The smallest absolute Gasteiger partial charge is 0.239 e. The van der Waals surface area contributed by atoms with Gasteiger partial charge in [0.2, 0.25) is 5.91 Å². The highest BCUT2D eigenvalue weighted by Gasteiger charge is 2.23. The van der Waals surface area contributed by atoms with Gasteiger partial charge in [0.15, 0.2) is 0 Å². The zero-order valence-corrected chi connectivity index (χ0v) is 13.7. The first-order valence-electron chi connectivity index (χ1n) is 6.06. The van der Waals surface area contributed by atoms with Crippen LogP contribution in [0.1, 0.15) is 30.0 Å². The van der Waals surface area contributed by atoms with Gasteiger partial charge in [0.25, 0.3) is 0 Å². The SMILES string of the molecule is Cc1nc(CN(C)C(=O)C2CCCCN2)cs1.Cl.Cl. The summed E-state index contributed by atoms with van der Waals surface area (Å²) in [5, 5.41) is 6.36. The lowest BCUT2D eigenvalue weighted by Gasteiger charge is -2.27. The van der Waals surface area contributed by atoms with E-state index >= 15 is 0 Å². The number of carbonyl (C=O) groups excluding carboxylic acids is 1. The van der Waals surface area contributed by atoms with Gasteiger partial charge in [-0.3, -0.25) is 4.79 Å². The summed E-state index contributed by atoms with van der Waals surface area (Å²) in [6.45, 7) is 3.56. The van der Waals surface area contributed by atoms with Crippen molar-refractivity contribution in [2.24, 2.45) is 0 Å². The Balaban J connectivity index is 0.00000162. The Morgan fingerprint density at radius 1 is 1.53 bits per heavy atom. The predicted molar refractivity (Wildman–Crippen MR) is 83.5 cm³/mol. The summed E-state index contributed by atoms with van der Waals surface area (Å²) in [5.74, 6) is 0.190. The number of hydrogen-bond acceptors (Lipinski definition) is 4. The Labute approximate surface area is 130 Å². The van der Waals surface area contributed by atoms with Crippen molar-refractivity contribution in [3.63, 3.8) is 0 Å². The minimum atomic E-state index is 0. The number of thiazole rings is 1. The highest BCUT2D eigenvalue weighted by molar-refractivity contribution is 7.09. The van der Waals surface area contributed by atoms with Crippen LogP contribution in [0.4, 0.5) is 0 Å². The molecule has 0 saturated carbocycles. The van der Waals surface area contributed by atoms with E-state index in [0.717, 1.165) is 30.1 Å². The van der Waals surface area contributed by atoms with E-state index < -0.39 is 0 Å². The molecule has 1 aromatic heterocycles. The van der Waals surface area contributed by atoms with Crippen molar-refractivity contribution in [3.8, 4) is 0 Å². The topological polar surface area (TPSA) is 45.2 Å². The van der Waals surface area contributed by atoms with Crippen molar-refractivity contribution in [1.82, 2.24) is 15.2 Å². The van der Waals surface area contributed by atoms with Gasteiger partial charge in [-0.1, -0.05) is 6.42 Å². The van der Waals surface area contributed by atoms with Crippen LogP contribution in [0.15, 0.2) is 5.38 Å². The summed E-state index contributed by atoms with van der Waals surface area (Å²) >= 11 is 1.63. The van der Waals surface area contributed by atoms with Crippen molar-refractivity contribution in [2.75, 3.05) is 13.6 Å². The van der Waals surface area contributed by atoms with Gasteiger partial charge in [-0.15, -0.1) is 36.2 Å². The second-order valence-electron chi connectivity index (χ2n) is 4.55. The Kier molecular flexibility index (Phi) is 8.57. The zero-order chi connectivity index (χ0) is 12.3. The van der Waals surface area contributed by atoms with Crippen LogP contribution in [0.5, 0.6) is 0 Å². The lowest BCUT2D eigenvalue weighted by Crippen LogP contribution is -2.47. The standard InChI is InChI=1S/C12H19N3OS.2ClH/c1-9-14-10(8-17-9)7-15(2)12(16)11-5-3-4-6-13-11;;/h8,11,13H,3-7H2,1-2H3;2*1H. The molecule has 1 unspecified atom stereocenters. The minimum Gasteiger partial charge on any atom is -0.338 e. The largest absolute Gasteiger partial charge is 0.338 e. The first kappa shape index (κ1) is 18.6. The Bertz CT molecular complexity index is 394. The summed E-state index contributed by atoms with van der Waals surface area (Å²) in [6, 6.07) is 0.00785. The molecule has 2 heterocycles. The van der Waals surface area contributed by atoms with Crippen LogP contribution in [-0.2, 0) is 11.3 Å². The number of likely N-dealkylation sites (N-methyl/N-ethyl adjacent to an activating group) is 1. The predicted octanol–water partition coefficient (Wildman–Crippen LogP) is 2.40. The third-order valence-corrected chi connectivity index (χ3v) is 3.87. The molecule has 4 nitrogen and oxygen atoms in total. The summed E-state index contributed by atoms with van der Waals surface area (Å²) < 4.78 is 0. The van der Waals surface area contributed by atoms with Crippen molar-refractivity contribution in [1.29, 1.82) is 0 Å². The van der Waals surface area contributed by atoms with Gasteiger partial charge < -0.3 is 10.2 Å². The van der Waals surface area contributed by atoms with Crippen LogP contribution in [0.3, 0.4) is 0 Å². The highest BCUT2D eigenvalue weighted by atomic mass is 35.5. The molecular weight excluding hydrogens is 305 g/mol. The van der Waals surface area contributed by atoms with Crippen molar-refractivity contribution >= 4 is 42.1 Å². The maximum atomic E-state index is 12.1. The zero-order valence-electron chi connectivity index (χ0n) is 11.2. The average molecular weight is 326 g/mol. The molecule has 110 valence electrons. The molecule has 0 aliphatic carbocycles. The van der Waals surface area contributed by atoms with E-state index in [4.69, 9.17) is 0 Å². The lowest BCUT2D eigenvalue weighted by atomic mass is 10.0. The monoisotopic (exact) mass is 325 g/mol. The van der Waals surface area contributed by atoms with Crippen molar-refractivity contribution in [2.45, 2.75) is 38.8 Å². The molecular formula is C12H21Cl2N3OS. The molecule has 19 heavy (non-hydrogen) atoms. The number of nitrogens with zero attached hydrogens (tertiary/aromatic N) is 2. The highest BCUT2D eigenvalue weighted by Crippen LogP contribution is 2.13. The molecule has 1 fully saturated rings. The summed E-state index contributed by atoms with van der Waals surface area (Å²) in [4.78, 5) is 18.3. The number of hydrogen-bond donors (Lipinski definition) is 1. The van der Waals surface area contributed by atoms with E-state index in [1.165, 1.54) is 6.42 Å². The molecule has 1 aliphatic heterocycles. The Morgan fingerprint density at radius 2 is 2.26 bits per heavy atom. The molecule has 0 aromatic carbocycles. The van der Waals surface area contributed by atoms with Gasteiger partial charge in [-0.25, -0.2) is 4.98 Å². The quantitative estimate of drug-likeness (QED) is 0.928. The molecule has 1 aromatic rings. The molecule has 0 radical (unpaired) electrons. The summed E-state index contributed by atoms with van der Waals surface area (Å²) in [6.07, 6.45) is 3.28. The summed E-state index contributed by atoms with van der Waals surface area (Å²) in [5.41, 5.74) is 0.985. The van der Waals surface area contributed by atoms with Crippen molar-refractivity contribution < 1.29 is 4.79 Å². The number of carbonyl (C=O) groups is 1. The normalized spacial score (nSPS) is 18.1. The fourth-order valence-corrected chi connectivity index (χ4v) is 2.73. The first-order valence-corrected chi connectivity index (χ1v) is 6.94. The van der Waals surface area contributed by atoms with Gasteiger partial charge in [0.05, 0.1) is 23.3 Å². The molecule has 1 saturated heterocycles. The number of nitrogens with one attached hydrogen (secondary N) is 1. The number of halogens is 2. The molecule has 0 spiro atoms. The van der Waals surface area contributed by atoms with Crippen LogP contribution in [0.25, 0.3) is 0 Å². The first-order chi connectivity index (χ1) is 8.16. The number of amides is 1. The fourth-order valence-electron chi connectivity index (χ4n) is 2.13. The minimum absolute atomic E-state index is 0. The maximum Gasteiger partial charge on any atom is 0.239 e. The Morgan fingerprint density at radius 3 is 2.79 bits per heavy atom. The fraction of sp³-hybridized carbons (Fsp3) is 0.667. The van der Waals surface area contributed by atoms with E-state index in [1.54, 1.807) is 16.2 Å². The number of piperidine rings is 1. The van der Waals surface area contributed by atoms with Crippen LogP contribution in [-0.4, -0.2) is 35.4 Å². The summed E-state index contributed by atoms with van der Waals surface area (Å²) in [7, 11) is 1.85. The number of aryl methyl sites for hydroxylation is 1. The van der Waals surface area contributed by atoms with Gasteiger partial charge in [0.1, 0.15) is 0 Å². The van der Waals surface area contributed by atoms with E-state index in [-0.39, 0.29) is 36.8 Å². The third kappa shape index (κ3) is 5.26. The second-order valence-corrected chi connectivity index (χ2v) is 5.62. The molecule has 2 rings (SSSR count). The number of aromatic nitrogens is 1. The second kappa shape index (κ2) is 8.74. The molecule has 0 bridgehead atoms. The molecule has 1 amide bonds. The van der Waals surface area contributed by atoms with Crippen LogP contribution >= 0.6 is 36.2 Å². The molecule has 1 aliphatic rings. The van der Waals surface area contributed by atoms with Gasteiger partial charge in [-0.05, 0) is 26.3 Å². The van der Waals surface area contributed by atoms with Crippen LogP contribution in [0.2, 0.25) is 0 Å². The van der Waals surface area contributed by atoms with E-state index in [9.17, 15) is 4.79 Å². The van der Waals surface area contributed by atoms with E-state index in [0.29, 0.717) is 6.54 Å². The van der Waals surface area contributed by atoms with Crippen molar-refractivity contribution in [3.05, 3.63) is 16.1 Å². The van der Waals surface area contributed by atoms with Crippen LogP contribution < -0.4 is 5.32 Å². The van der Waals surface area contributed by atoms with Gasteiger partial charge in [0, 0.05) is 12.4 Å². The van der Waals surface area contributed by atoms with E-state index in [2.05, 4.69) is 10.3 Å². The lowest BCUT2D eigenvalue weighted by molar-refractivity contribution is -0.133. The van der Waals surface area contributed by atoms with Crippen LogP contribution in [0, 0.1) is 6.92 Å². The maximum absolute atomic E-state index is 12.1. The molecule has 1 atom stereocenters. The van der Waals surface area contributed by atoms with Gasteiger partial charge >= 0.3 is 0 Å². The molecule has 1 N–H and O–H groups in total. The third-order valence-electron chi connectivity index (χ3n) is 3.05. The molecule has 7 heteroatoms. The van der Waals surface area contributed by atoms with E-state index in [1.807, 2.05) is 19.4 Å². The van der Waals surface area contributed by atoms with Gasteiger partial charge in [-0.2, -0.15) is 0 Å².